The van der Waals surface area contributed by atoms with Crippen LogP contribution in [0.25, 0.3) is 5.83 Å². The highest BCUT2D eigenvalue weighted by atomic mass is 35.5. The molecule has 0 heterocycles. The Morgan fingerprint density at radius 2 is 1.82 bits per heavy atom. The lowest BCUT2D eigenvalue weighted by atomic mass is 9.93. The zero-order chi connectivity index (χ0) is 25.8. The van der Waals surface area contributed by atoms with Crippen LogP contribution >= 0.6 is 11.6 Å². The van der Waals surface area contributed by atoms with Crippen molar-refractivity contribution in [3.05, 3.63) is 74.8 Å². The third kappa shape index (κ3) is 6.15. The highest BCUT2D eigenvalue weighted by molar-refractivity contribution is 6.46. The maximum absolute atomic E-state index is 15.0. The Labute approximate surface area is 199 Å². The standard InChI is InChI=1S/C24H23ClF5N3O/c1-5-33-23(32-4)21(34)16-7-6-14(9-17(16)22(27)31)20(26)11-18(24(28,29)30)15-8-12(2)13(3)19(25)10-15/h5-11,18,22H,31H2,1-4H3/b20-11-,32-23?,33-5?. The zero-order valence-corrected chi connectivity index (χ0v) is 19.6. The molecule has 0 aliphatic carbocycles. The number of hydrogen-bond donors (Lipinski definition) is 1. The lowest BCUT2D eigenvalue weighted by Crippen LogP contribution is -2.20. The summed E-state index contributed by atoms with van der Waals surface area (Å²) < 4.78 is 70.6. The van der Waals surface area contributed by atoms with E-state index < -0.39 is 35.6 Å². The molecule has 0 fully saturated rings. The summed E-state index contributed by atoms with van der Waals surface area (Å²) >= 11 is 6.04. The van der Waals surface area contributed by atoms with Gasteiger partial charge >= 0.3 is 6.18 Å². The van der Waals surface area contributed by atoms with E-state index in [0.29, 0.717) is 17.2 Å². The number of nitrogens with zero attached hydrogens (tertiary/aromatic N) is 2. The van der Waals surface area contributed by atoms with Crippen molar-refractivity contribution in [3.63, 3.8) is 0 Å². The average molecular weight is 500 g/mol. The number of nitrogens with two attached hydrogens (primary N) is 1. The zero-order valence-electron chi connectivity index (χ0n) is 18.8. The minimum Gasteiger partial charge on any atom is -0.298 e. The molecule has 2 aromatic carbocycles. The van der Waals surface area contributed by atoms with Crippen LogP contribution in [0, 0.1) is 13.8 Å². The lowest BCUT2D eigenvalue weighted by molar-refractivity contribution is -0.139. The van der Waals surface area contributed by atoms with Crippen molar-refractivity contribution in [2.75, 3.05) is 7.05 Å². The number of alkyl halides is 4. The van der Waals surface area contributed by atoms with Crippen molar-refractivity contribution in [2.45, 2.75) is 39.2 Å². The minimum atomic E-state index is -4.83. The Morgan fingerprint density at radius 3 is 2.32 bits per heavy atom. The molecule has 4 nitrogen and oxygen atoms in total. The number of amidine groups is 1. The fraction of sp³-hybridized carbons (Fsp3) is 0.292. The first-order valence-electron chi connectivity index (χ1n) is 10.1. The maximum Gasteiger partial charge on any atom is 0.399 e. The van der Waals surface area contributed by atoms with E-state index in [0.717, 1.165) is 24.3 Å². The monoisotopic (exact) mass is 499 g/mol. The molecule has 0 amide bonds. The number of aryl methyl sites for hydroxylation is 1. The van der Waals surface area contributed by atoms with Gasteiger partial charge in [0.1, 0.15) is 11.7 Å². The predicted octanol–water partition coefficient (Wildman–Crippen LogP) is 6.84. The molecule has 0 radical (unpaired) electrons. The summed E-state index contributed by atoms with van der Waals surface area (Å²) in [5.74, 6) is -4.59. The highest BCUT2D eigenvalue weighted by Crippen LogP contribution is 2.40. The van der Waals surface area contributed by atoms with Gasteiger partial charge in [0.15, 0.2) is 12.1 Å². The first kappa shape index (κ1) is 27.3. The average Bonchev–Trinajstić information content (AvgIpc) is 2.77. The molecule has 0 aliphatic heterocycles. The number of carbonyl (C=O) groups is 1. The molecular formula is C24H23ClF5N3O. The van der Waals surface area contributed by atoms with Gasteiger partial charge in [-0.3, -0.25) is 15.5 Å². The van der Waals surface area contributed by atoms with Crippen molar-refractivity contribution >= 4 is 35.3 Å². The molecule has 182 valence electrons. The molecule has 2 atom stereocenters. The summed E-state index contributed by atoms with van der Waals surface area (Å²) in [5, 5.41) is 0.120. The van der Waals surface area contributed by atoms with E-state index in [2.05, 4.69) is 9.98 Å². The summed E-state index contributed by atoms with van der Waals surface area (Å²) in [6.45, 7) is 4.80. The molecule has 2 N–H and O–H groups in total. The number of aliphatic imine (C=N–C) groups is 2. The van der Waals surface area contributed by atoms with E-state index in [1.165, 1.54) is 19.3 Å². The van der Waals surface area contributed by atoms with Gasteiger partial charge in [-0.25, -0.2) is 13.8 Å². The van der Waals surface area contributed by atoms with Gasteiger partial charge in [0.05, 0.1) is 0 Å². The number of hydrogen-bond acceptors (Lipinski definition) is 3. The third-order valence-electron chi connectivity index (χ3n) is 5.19. The Balaban J connectivity index is 2.60. The van der Waals surface area contributed by atoms with E-state index in [-0.39, 0.29) is 27.5 Å². The topological polar surface area (TPSA) is 67.8 Å². The van der Waals surface area contributed by atoms with E-state index in [4.69, 9.17) is 17.3 Å². The van der Waals surface area contributed by atoms with Gasteiger partial charge in [0.25, 0.3) is 0 Å². The second-order valence-electron chi connectivity index (χ2n) is 7.45. The van der Waals surface area contributed by atoms with Crippen molar-refractivity contribution in [2.24, 2.45) is 15.7 Å². The van der Waals surface area contributed by atoms with Crippen LogP contribution in [0.5, 0.6) is 0 Å². The highest BCUT2D eigenvalue weighted by Gasteiger charge is 2.40. The first-order chi connectivity index (χ1) is 15.8. The van der Waals surface area contributed by atoms with Crippen LogP contribution in [0.2, 0.25) is 5.02 Å². The van der Waals surface area contributed by atoms with Crippen LogP contribution < -0.4 is 5.73 Å². The van der Waals surface area contributed by atoms with Crippen LogP contribution in [0.4, 0.5) is 22.0 Å². The fourth-order valence-electron chi connectivity index (χ4n) is 3.25. The molecule has 0 bridgehead atoms. The Morgan fingerprint density at radius 1 is 1.18 bits per heavy atom. The normalized spacial score (nSPS) is 15.0. The number of allylic oxidation sites excluding steroid dienone is 1. The van der Waals surface area contributed by atoms with Gasteiger partial charge in [0.2, 0.25) is 5.78 Å². The molecule has 0 aromatic heterocycles. The van der Waals surface area contributed by atoms with Crippen molar-refractivity contribution in [3.8, 4) is 0 Å². The van der Waals surface area contributed by atoms with Crippen molar-refractivity contribution in [1.29, 1.82) is 0 Å². The number of ketones is 1. The summed E-state index contributed by atoms with van der Waals surface area (Å²) in [5.41, 5.74) is 5.18. The predicted molar refractivity (Wildman–Crippen MR) is 125 cm³/mol. The second-order valence-corrected chi connectivity index (χ2v) is 7.85. The fourth-order valence-corrected chi connectivity index (χ4v) is 3.53. The van der Waals surface area contributed by atoms with Gasteiger partial charge in [-0.2, -0.15) is 13.2 Å². The van der Waals surface area contributed by atoms with Crippen molar-refractivity contribution in [1.82, 2.24) is 0 Å². The van der Waals surface area contributed by atoms with E-state index in [1.807, 2.05) is 0 Å². The number of carbonyl (C=O) groups excluding carboxylic acids is 1. The Kier molecular flexibility index (Phi) is 8.85. The molecular weight excluding hydrogens is 477 g/mol. The van der Waals surface area contributed by atoms with Crippen LogP contribution in [0.15, 0.2) is 46.4 Å². The largest absolute Gasteiger partial charge is 0.399 e. The number of benzene rings is 2. The van der Waals surface area contributed by atoms with Gasteiger partial charge in [-0.05, 0) is 61.7 Å². The Bertz CT molecular complexity index is 1150. The molecule has 0 saturated heterocycles. The quantitative estimate of drug-likeness (QED) is 0.155. The van der Waals surface area contributed by atoms with Gasteiger partial charge < -0.3 is 0 Å². The Hall–Kier alpha value is -2.91. The minimum absolute atomic E-state index is 0.120. The van der Waals surface area contributed by atoms with Gasteiger partial charge in [0, 0.05) is 35.0 Å². The molecule has 2 rings (SSSR count). The molecule has 2 unspecified atom stereocenters. The molecule has 10 heteroatoms. The molecule has 0 aliphatic rings. The maximum atomic E-state index is 15.0. The summed E-state index contributed by atoms with van der Waals surface area (Å²) in [4.78, 5) is 20.1. The van der Waals surface area contributed by atoms with Crippen LogP contribution in [0.1, 0.15) is 57.3 Å². The van der Waals surface area contributed by atoms with Crippen LogP contribution in [-0.4, -0.2) is 31.1 Å². The van der Waals surface area contributed by atoms with Gasteiger partial charge in [-0.15, -0.1) is 0 Å². The summed E-state index contributed by atoms with van der Waals surface area (Å²) in [7, 11) is 1.31. The van der Waals surface area contributed by atoms with E-state index >= 15 is 4.39 Å². The smallest absolute Gasteiger partial charge is 0.298 e. The molecule has 0 spiro atoms. The molecule has 0 saturated carbocycles. The van der Waals surface area contributed by atoms with Crippen LogP contribution in [-0.2, 0) is 0 Å². The number of rotatable bonds is 6. The third-order valence-corrected chi connectivity index (χ3v) is 5.58. The lowest BCUT2D eigenvalue weighted by Gasteiger charge is -2.20. The second kappa shape index (κ2) is 11.0. The number of halogens is 6. The van der Waals surface area contributed by atoms with E-state index in [9.17, 15) is 22.4 Å². The number of Topliss-reactive ketones (excluding diaryl/α,β-unsaturated/α-hetero) is 1. The first-order valence-corrected chi connectivity index (χ1v) is 10.4. The summed E-state index contributed by atoms with van der Waals surface area (Å²) in [6, 6.07) is 5.46. The molecule has 2 aromatic rings. The summed E-state index contributed by atoms with van der Waals surface area (Å²) in [6.07, 6.45) is -5.34. The van der Waals surface area contributed by atoms with E-state index in [1.54, 1.807) is 20.8 Å². The van der Waals surface area contributed by atoms with Gasteiger partial charge in [-0.1, -0.05) is 23.7 Å². The van der Waals surface area contributed by atoms with Crippen LogP contribution in [0.3, 0.4) is 0 Å². The molecule has 34 heavy (non-hydrogen) atoms. The van der Waals surface area contributed by atoms with Crippen molar-refractivity contribution < 1.29 is 26.7 Å². The SMILES string of the molecule is CC=NC(=NC)C(=O)c1ccc(/C(F)=C/C(c2cc(C)c(C)c(Cl)c2)C(F)(F)F)cc1C(N)F.